The molecule has 0 amide bonds. The van der Waals surface area contributed by atoms with Crippen LogP contribution >= 0.6 is 11.3 Å². The highest BCUT2D eigenvalue weighted by Gasteiger charge is 2.22. The molecule has 2 heterocycles. The van der Waals surface area contributed by atoms with Gasteiger partial charge in [-0.3, -0.25) is 4.90 Å². The normalized spacial score (nSPS) is 24.2. The van der Waals surface area contributed by atoms with E-state index in [9.17, 15) is 0 Å². The summed E-state index contributed by atoms with van der Waals surface area (Å²) in [5.74, 6) is 0. The first-order chi connectivity index (χ1) is 9.58. The summed E-state index contributed by atoms with van der Waals surface area (Å²) in [5.41, 5.74) is 1.49. The van der Waals surface area contributed by atoms with E-state index in [1.54, 1.807) is 0 Å². The number of hydrogen-bond donors (Lipinski definition) is 1. The fourth-order valence-electron chi connectivity index (χ4n) is 2.87. The fraction of sp³-hybridized carbons (Fsp3) is 0.750. The molecule has 1 aliphatic rings. The summed E-state index contributed by atoms with van der Waals surface area (Å²) in [4.78, 5) is 5.45. The molecule has 4 heteroatoms. The van der Waals surface area contributed by atoms with Crippen molar-refractivity contribution in [3.63, 3.8) is 0 Å². The Balaban J connectivity index is 1.91. The van der Waals surface area contributed by atoms with Gasteiger partial charge in [0.15, 0.2) is 0 Å². The smallest absolute Gasteiger partial charge is 0.0678 e. The topological polar surface area (TPSA) is 24.5 Å². The molecule has 1 aliphatic heterocycles. The Hall–Kier alpha value is -0.420. The number of hydrogen-bond acceptors (Lipinski definition) is 4. The third-order valence-corrected chi connectivity index (χ3v) is 4.78. The van der Waals surface area contributed by atoms with Crippen LogP contribution in [0.15, 0.2) is 6.07 Å². The minimum atomic E-state index is 0.350. The van der Waals surface area contributed by atoms with Crippen LogP contribution in [0.4, 0.5) is 0 Å². The Morgan fingerprint density at radius 3 is 2.70 bits per heavy atom. The summed E-state index contributed by atoms with van der Waals surface area (Å²) >= 11 is 1.93. The number of aryl methyl sites for hydroxylation is 1. The Bertz CT molecular complexity index is 409. The summed E-state index contributed by atoms with van der Waals surface area (Å²) in [7, 11) is 0. The highest BCUT2D eigenvalue weighted by Crippen LogP contribution is 2.24. The first-order valence-corrected chi connectivity index (χ1v) is 8.56. The predicted molar refractivity (Wildman–Crippen MR) is 86.3 cm³/mol. The molecule has 114 valence electrons. The van der Waals surface area contributed by atoms with Gasteiger partial charge in [0.2, 0.25) is 0 Å². The summed E-state index contributed by atoms with van der Waals surface area (Å²) in [6.07, 6.45) is 1.90. The summed E-state index contributed by atoms with van der Waals surface area (Å²) < 4.78 is 5.81. The largest absolute Gasteiger partial charge is 0.373 e. The molecule has 1 aromatic heterocycles. The van der Waals surface area contributed by atoms with Crippen LogP contribution < -0.4 is 5.32 Å². The molecule has 3 nitrogen and oxygen atoms in total. The van der Waals surface area contributed by atoms with Gasteiger partial charge in [-0.05, 0) is 45.4 Å². The van der Waals surface area contributed by atoms with Crippen LogP contribution in [-0.4, -0.2) is 36.7 Å². The summed E-state index contributed by atoms with van der Waals surface area (Å²) in [6, 6.07) is 2.38. The standard InChI is InChI=1S/C16H28N2OS/c1-5-6-17-8-16-7-15(14(4)20-16)11-18-9-12(2)19-13(3)10-18/h7,12-13,17H,5-6,8-11H2,1-4H3/t12-,13+. The van der Waals surface area contributed by atoms with Crippen molar-refractivity contribution in [3.8, 4) is 0 Å². The van der Waals surface area contributed by atoms with Crippen molar-refractivity contribution in [3.05, 3.63) is 21.4 Å². The molecule has 0 radical (unpaired) electrons. The molecule has 0 bridgehead atoms. The van der Waals surface area contributed by atoms with Crippen molar-refractivity contribution in [2.75, 3.05) is 19.6 Å². The van der Waals surface area contributed by atoms with Crippen LogP contribution in [-0.2, 0) is 17.8 Å². The lowest BCUT2D eigenvalue weighted by molar-refractivity contribution is -0.0705. The average Bonchev–Trinajstić information content (AvgIpc) is 2.69. The number of morpholine rings is 1. The molecule has 0 aliphatic carbocycles. The van der Waals surface area contributed by atoms with Gasteiger partial charge < -0.3 is 10.1 Å². The van der Waals surface area contributed by atoms with Gasteiger partial charge in [0.25, 0.3) is 0 Å². The highest BCUT2D eigenvalue weighted by atomic mass is 32.1. The van der Waals surface area contributed by atoms with E-state index in [-0.39, 0.29) is 0 Å². The van der Waals surface area contributed by atoms with Gasteiger partial charge in [0.05, 0.1) is 12.2 Å². The zero-order valence-electron chi connectivity index (χ0n) is 13.2. The van der Waals surface area contributed by atoms with E-state index in [0.717, 1.165) is 32.7 Å². The van der Waals surface area contributed by atoms with Gasteiger partial charge in [0, 0.05) is 35.9 Å². The van der Waals surface area contributed by atoms with Crippen molar-refractivity contribution in [2.45, 2.75) is 59.4 Å². The summed E-state index contributed by atoms with van der Waals surface area (Å²) in [6.45, 7) is 14.1. The van der Waals surface area contributed by atoms with Crippen molar-refractivity contribution in [1.29, 1.82) is 0 Å². The zero-order chi connectivity index (χ0) is 14.5. The van der Waals surface area contributed by atoms with E-state index in [1.165, 1.54) is 21.7 Å². The van der Waals surface area contributed by atoms with Gasteiger partial charge in [-0.1, -0.05) is 6.92 Å². The van der Waals surface area contributed by atoms with Crippen LogP contribution in [0.25, 0.3) is 0 Å². The maximum absolute atomic E-state index is 5.81. The van der Waals surface area contributed by atoms with Crippen molar-refractivity contribution in [2.24, 2.45) is 0 Å². The molecule has 1 saturated heterocycles. The van der Waals surface area contributed by atoms with E-state index < -0.39 is 0 Å². The van der Waals surface area contributed by atoms with Crippen LogP contribution in [0.1, 0.15) is 42.5 Å². The Kier molecular flexibility index (Phi) is 6.02. The quantitative estimate of drug-likeness (QED) is 0.816. The van der Waals surface area contributed by atoms with E-state index in [0.29, 0.717) is 12.2 Å². The third-order valence-electron chi connectivity index (χ3n) is 3.69. The molecule has 0 aromatic carbocycles. The first kappa shape index (κ1) is 16.0. The van der Waals surface area contributed by atoms with Gasteiger partial charge >= 0.3 is 0 Å². The van der Waals surface area contributed by atoms with Gasteiger partial charge in [-0.25, -0.2) is 0 Å². The number of nitrogens with one attached hydrogen (secondary N) is 1. The van der Waals surface area contributed by atoms with Gasteiger partial charge in [-0.2, -0.15) is 0 Å². The highest BCUT2D eigenvalue weighted by molar-refractivity contribution is 7.12. The number of nitrogens with zero attached hydrogens (tertiary/aromatic N) is 1. The zero-order valence-corrected chi connectivity index (χ0v) is 14.1. The van der Waals surface area contributed by atoms with Crippen molar-refractivity contribution >= 4 is 11.3 Å². The molecule has 20 heavy (non-hydrogen) atoms. The molecule has 2 atom stereocenters. The summed E-state index contributed by atoms with van der Waals surface area (Å²) in [5, 5.41) is 3.49. The Morgan fingerprint density at radius 1 is 1.35 bits per heavy atom. The molecular weight excluding hydrogens is 268 g/mol. The fourth-order valence-corrected chi connectivity index (χ4v) is 3.90. The van der Waals surface area contributed by atoms with Crippen LogP contribution in [0.5, 0.6) is 0 Å². The minimum Gasteiger partial charge on any atom is -0.373 e. The third kappa shape index (κ3) is 4.55. The second-order valence-electron chi connectivity index (χ2n) is 5.92. The monoisotopic (exact) mass is 296 g/mol. The van der Waals surface area contributed by atoms with E-state index in [1.807, 2.05) is 11.3 Å². The van der Waals surface area contributed by atoms with Crippen molar-refractivity contribution < 1.29 is 4.74 Å². The maximum atomic E-state index is 5.81. The van der Waals surface area contributed by atoms with Gasteiger partial charge in [0.1, 0.15) is 0 Å². The first-order valence-electron chi connectivity index (χ1n) is 7.75. The Morgan fingerprint density at radius 2 is 2.05 bits per heavy atom. The molecule has 0 saturated carbocycles. The SMILES string of the molecule is CCCNCc1cc(CN2C[C@@H](C)O[C@@H](C)C2)c(C)s1. The van der Waals surface area contributed by atoms with Crippen LogP contribution in [0.3, 0.4) is 0 Å². The van der Waals surface area contributed by atoms with E-state index in [4.69, 9.17) is 4.74 Å². The molecule has 0 unspecified atom stereocenters. The lowest BCUT2D eigenvalue weighted by Crippen LogP contribution is -2.44. The maximum Gasteiger partial charge on any atom is 0.0678 e. The second kappa shape index (κ2) is 7.55. The Labute approximate surface area is 127 Å². The molecule has 1 aromatic rings. The number of ether oxygens (including phenoxy) is 1. The number of rotatable bonds is 6. The predicted octanol–water partition coefficient (Wildman–Crippen LogP) is 3.17. The molecule has 0 spiro atoms. The molecule has 2 rings (SSSR count). The average molecular weight is 296 g/mol. The van der Waals surface area contributed by atoms with Crippen LogP contribution in [0.2, 0.25) is 0 Å². The molecular formula is C16H28N2OS. The second-order valence-corrected chi connectivity index (χ2v) is 7.26. The lowest BCUT2D eigenvalue weighted by Gasteiger charge is -2.35. The van der Waals surface area contributed by atoms with E-state index in [2.05, 4.69) is 44.0 Å². The lowest BCUT2D eigenvalue weighted by atomic mass is 10.2. The molecule has 1 fully saturated rings. The molecule has 1 N–H and O–H groups in total. The van der Waals surface area contributed by atoms with Crippen LogP contribution in [0, 0.1) is 6.92 Å². The number of thiophene rings is 1. The van der Waals surface area contributed by atoms with E-state index >= 15 is 0 Å². The minimum absolute atomic E-state index is 0.350. The van der Waals surface area contributed by atoms with Gasteiger partial charge in [-0.15, -0.1) is 11.3 Å². The van der Waals surface area contributed by atoms with Crippen molar-refractivity contribution in [1.82, 2.24) is 10.2 Å².